The molecule has 9 heteroatoms. The summed E-state index contributed by atoms with van der Waals surface area (Å²) in [6, 6.07) is 5.76. The van der Waals surface area contributed by atoms with E-state index in [9.17, 15) is 4.79 Å². The van der Waals surface area contributed by atoms with Gasteiger partial charge in [-0.05, 0) is 18.6 Å². The van der Waals surface area contributed by atoms with E-state index in [2.05, 4.69) is 15.6 Å². The first-order valence-electron chi connectivity index (χ1n) is 8.97. The van der Waals surface area contributed by atoms with Crippen molar-refractivity contribution in [2.45, 2.75) is 25.8 Å². The van der Waals surface area contributed by atoms with Crippen LogP contribution in [0.2, 0.25) is 0 Å². The lowest BCUT2D eigenvalue weighted by Crippen LogP contribution is -2.46. The zero-order chi connectivity index (χ0) is 18.4. The predicted octanol–water partition coefficient (Wildman–Crippen LogP) is 1.59. The van der Waals surface area contributed by atoms with Gasteiger partial charge in [-0.25, -0.2) is 0 Å². The van der Waals surface area contributed by atoms with Crippen LogP contribution < -0.4 is 24.8 Å². The molecule has 0 radical (unpaired) electrons. The fraction of sp³-hybridized carbons (Fsp3) is 0.556. The van der Waals surface area contributed by atoms with E-state index in [1.807, 2.05) is 30.0 Å². The Morgan fingerprint density at radius 2 is 2.19 bits per heavy atom. The maximum atomic E-state index is 11.8. The van der Waals surface area contributed by atoms with Crippen molar-refractivity contribution in [3.8, 4) is 17.2 Å². The van der Waals surface area contributed by atoms with E-state index in [1.165, 1.54) is 0 Å². The predicted molar refractivity (Wildman–Crippen MR) is 113 cm³/mol. The zero-order valence-corrected chi connectivity index (χ0v) is 18.0. The average Bonchev–Trinajstić information content (AvgIpc) is 3.32. The van der Waals surface area contributed by atoms with Crippen LogP contribution in [0.25, 0.3) is 0 Å². The number of ether oxygens (including phenoxy) is 3. The maximum absolute atomic E-state index is 11.8. The third-order valence-electron chi connectivity index (χ3n) is 4.42. The smallest absolute Gasteiger partial charge is 0.231 e. The van der Waals surface area contributed by atoms with E-state index in [0.717, 1.165) is 37.0 Å². The molecule has 0 saturated carbocycles. The van der Waals surface area contributed by atoms with E-state index in [1.54, 1.807) is 7.05 Å². The molecule has 8 nitrogen and oxygen atoms in total. The lowest BCUT2D eigenvalue weighted by molar-refractivity contribution is -0.129. The summed E-state index contributed by atoms with van der Waals surface area (Å²) in [5, 5.41) is 6.59. The fourth-order valence-electron chi connectivity index (χ4n) is 3.02. The van der Waals surface area contributed by atoms with Gasteiger partial charge in [-0.3, -0.25) is 9.79 Å². The standard InChI is InChI=1S/C18H26N4O4.HI/c1-3-17(23)22-8-6-13(11-22)21-18(19-2)20-7-9-24-14-4-5-15-16(10-14)26-12-25-15;/h4-5,10,13H,3,6-9,11-12H2,1-2H3,(H2,19,20,21);1H. The molecule has 2 N–H and O–H groups in total. The minimum atomic E-state index is 0. The number of aliphatic imine (C=N–C) groups is 1. The molecule has 0 aliphatic carbocycles. The molecule has 1 saturated heterocycles. The normalized spacial score (nSPS) is 18.1. The number of amides is 1. The number of carbonyl (C=O) groups is 1. The molecule has 0 bridgehead atoms. The topological polar surface area (TPSA) is 84.4 Å². The van der Waals surface area contributed by atoms with Gasteiger partial charge in [-0.15, -0.1) is 24.0 Å². The van der Waals surface area contributed by atoms with Gasteiger partial charge in [0.15, 0.2) is 17.5 Å². The zero-order valence-electron chi connectivity index (χ0n) is 15.7. The molecule has 2 aliphatic rings. The van der Waals surface area contributed by atoms with Crippen LogP contribution >= 0.6 is 24.0 Å². The first-order chi connectivity index (χ1) is 12.7. The molecule has 1 aromatic carbocycles. The number of hydrogen-bond donors (Lipinski definition) is 2. The SMILES string of the molecule is CCC(=O)N1CCC(NC(=NC)NCCOc2ccc3c(c2)OCO3)C1.I. The minimum Gasteiger partial charge on any atom is -0.492 e. The second kappa shape index (κ2) is 10.4. The number of nitrogens with zero attached hydrogens (tertiary/aromatic N) is 2. The quantitative estimate of drug-likeness (QED) is 0.273. The van der Waals surface area contributed by atoms with Gasteiger partial charge >= 0.3 is 0 Å². The number of halogens is 1. The van der Waals surface area contributed by atoms with Gasteiger partial charge in [0.1, 0.15) is 12.4 Å². The highest BCUT2D eigenvalue weighted by molar-refractivity contribution is 14.0. The minimum absolute atomic E-state index is 0. The Morgan fingerprint density at radius 3 is 2.96 bits per heavy atom. The van der Waals surface area contributed by atoms with Gasteiger partial charge < -0.3 is 29.7 Å². The fourth-order valence-corrected chi connectivity index (χ4v) is 3.02. The Labute approximate surface area is 176 Å². The monoisotopic (exact) mass is 490 g/mol. The Morgan fingerprint density at radius 1 is 1.37 bits per heavy atom. The van der Waals surface area contributed by atoms with Crippen molar-refractivity contribution >= 4 is 35.8 Å². The van der Waals surface area contributed by atoms with Crippen LogP contribution in [0.1, 0.15) is 19.8 Å². The molecule has 0 aromatic heterocycles. The van der Waals surface area contributed by atoms with Crippen LogP contribution in [0.4, 0.5) is 0 Å². The molecular formula is C18H27IN4O4. The highest BCUT2D eigenvalue weighted by Crippen LogP contribution is 2.34. The number of rotatable bonds is 6. The molecule has 1 fully saturated rings. The Balaban J connectivity index is 0.00000261. The second-order valence-electron chi connectivity index (χ2n) is 6.19. The van der Waals surface area contributed by atoms with Crippen molar-refractivity contribution in [3.05, 3.63) is 18.2 Å². The third-order valence-corrected chi connectivity index (χ3v) is 4.42. The average molecular weight is 490 g/mol. The molecule has 1 unspecified atom stereocenters. The number of carbonyl (C=O) groups excluding carboxylic acids is 1. The number of hydrogen-bond acceptors (Lipinski definition) is 5. The van der Waals surface area contributed by atoms with E-state index in [4.69, 9.17) is 14.2 Å². The second-order valence-corrected chi connectivity index (χ2v) is 6.19. The van der Waals surface area contributed by atoms with E-state index in [0.29, 0.717) is 25.3 Å². The largest absolute Gasteiger partial charge is 0.492 e. The first-order valence-corrected chi connectivity index (χ1v) is 8.97. The summed E-state index contributed by atoms with van der Waals surface area (Å²) < 4.78 is 16.3. The molecule has 1 amide bonds. The summed E-state index contributed by atoms with van der Waals surface area (Å²) in [5.41, 5.74) is 0. The van der Waals surface area contributed by atoms with E-state index < -0.39 is 0 Å². The van der Waals surface area contributed by atoms with Crippen LogP contribution in [0, 0.1) is 0 Å². The molecule has 150 valence electrons. The first kappa shape index (κ1) is 21.4. The maximum Gasteiger partial charge on any atom is 0.231 e. The van der Waals surface area contributed by atoms with Crippen LogP contribution in [0.5, 0.6) is 17.2 Å². The van der Waals surface area contributed by atoms with Gasteiger partial charge in [0.05, 0.1) is 6.54 Å². The molecule has 3 rings (SSSR count). The van der Waals surface area contributed by atoms with Gasteiger partial charge in [-0.2, -0.15) is 0 Å². The van der Waals surface area contributed by atoms with Crippen LogP contribution in [0.15, 0.2) is 23.2 Å². The molecule has 2 heterocycles. The summed E-state index contributed by atoms with van der Waals surface area (Å²) in [6.07, 6.45) is 1.48. The highest BCUT2D eigenvalue weighted by atomic mass is 127. The van der Waals surface area contributed by atoms with Crippen molar-refractivity contribution < 1.29 is 19.0 Å². The summed E-state index contributed by atoms with van der Waals surface area (Å²) in [5.74, 6) is 3.11. The van der Waals surface area contributed by atoms with Crippen molar-refractivity contribution in [2.24, 2.45) is 4.99 Å². The molecule has 0 spiro atoms. The highest BCUT2D eigenvalue weighted by Gasteiger charge is 2.25. The van der Waals surface area contributed by atoms with E-state index in [-0.39, 0.29) is 42.7 Å². The Bertz CT molecular complexity index is 671. The summed E-state index contributed by atoms with van der Waals surface area (Å²) in [6.45, 7) is 4.77. The number of benzene rings is 1. The summed E-state index contributed by atoms with van der Waals surface area (Å²) in [7, 11) is 1.73. The molecule has 1 aromatic rings. The van der Waals surface area contributed by atoms with Crippen LogP contribution in [-0.2, 0) is 4.79 Å². The van der Waals surface area contributed by atoms with Gasteiger partial charge in [0, 0.05) is 38.7 Å². The van der Waals surface area contributed by atoms with Crippen molar-refractivity contribution in [2.75, 3.05) is 40.1 Å². The molecule has 1 atom stereocenters. The number of fused-ring (bicyclic) bond motifs is 1. The van der Waals surface area contributed by atoms with Crippen molar-refractivity contribution in [1.82, 2.24) is 15.5 Å². The molecular weight excluding hydrogens is 463 g/mol. The third kappa shape index (κ3) is 5.78. The van der Waals surface area contributed by atoms with Crippen molar-refractivity contribution in [1.29, 1.82) is 0 Å². The lowest BCUT2D eigenvalue weighted by atomic mass is 10.3. The number of likely N-dealkylation sites (tertiary alicyclic amines) is 1. The van der Waals surface area contributed by atoms with Gasteiger partial charge in [0.2, 0.25) is 12.7 Å². The summed E-state index contributed by atoms with van der Waals surface area (Å²) >= 11 is 0. The molecule has 2 aliphatic heterocycles. The van der Waals surface area contributed by atoms with Gasteiger partial charge in [-0.1, -0.05) is 6.92 Å². The van der Waals surface area contributed by atoms with Crippen LogP contribution in [0.3, 0.4) is 0 Å². The van der Waals surface area contributed by atoms with Gasteiger partial charge in [0.25, 0.3) is 0 Å². The van der Waals surface area contributed by atoms with E-state index >= 15 is 0 Å². The number of nitrogens with one attached hydrogen (secondary N) is 2. The van der Waals surface area contributed by atoms with Crippen LogP contribution in [-0.4, -0.2) is 62.9 Å². The Kier molecular flexibility index (Phi) is 8.26. The summed E-state index contributed by atoms with van der Waals surface area (Å²) in [4.78, 5) is 17.9. The number of guanidine groups is 1. The van der Waals surface area contributed by atoms with Crippen molar-refractivity contribution in [3.63, 3.8) is 0 Å². The Hall–Kier alpha value is -1.91. The lowest BCUT2D eigenvalue weighted by Gasteiger charge is -2.18. The molecule has 27 heavy (non-hydrogen) atoms.